The number of hydrogen-bond donors (Lipinski definition) is 1. The first-order valence-corrected chi connectivity index (χ1v) is 5.42. The van der Waals surface area contributed by atoms with Crippen molar-refractivity contribution in [3.05, 3.63) is 29.5 Å². The predicted molar refractivity (Wildman–Crippen MR) is 61.9 cm³/mol. The van der Waals surface area contributed by atoms with Crippen molar-refractivity contribution in [1.82, 2.24) is 10.1 Å². The van der Waals surface area contributed by atoms with Gasteiger partial charge in [0, 0.05) is 12.6 Å². The van der Waals surface area contributed by atoms with E-state index < -0.39 is 0 Å². The molecule has 1 aromatic carbocycles. The summed E-state index contributed by atoms with van der Waals surface area (Å²) in [5, 5.41) is 18.4. The Hall–Kier alpha value is -1.91. The van der Waals surface area contributed by atoms with Crippen molar-refractivity contribution >= 4 is 17.0 Å². The van der Waals surface area contributed by atoms with E-state index in [9.17, 15) is 5.21 Å². The minimum absolute atomic E-state index is 0.391. The van der Waals surface area contributed by atoms with E-state index in [-0.39, 0.29) is 0 Å². The monoisotopic (exact) mass is 218 g/mol. The summed E-state index contributed by atoms with van der Waals surface area (Å²) in [4.78, 5) is 4.87. The highest BCUT2D eigenvalue weighted by molar-refractivity contribution is 5.71. The van der Waals surface area contributed by atoms with Gasteiger partial charge in [0.05, 0.1) is 5.10 Å². The van der Waals surface area contributed by atoms with E-state index >= 15 is 0 Å². The van der Waals surface area contributed by atoms with Crippen molar-refractivity contribution in [2.45, 2.75) is 19.8 Å². The molecule has 5 heteroatoms. The van der Waals surface area contributed by atoms with Crippen LogP contribution < -0.4 is 10.2 Å². The Morgan fingerprint density at radius 2 is 2.19 bits per heavy atom. The lowest BCUT2D eigenvalue weighted by Gasteiger charge is -2.03. The number of para-hydroxylation sites is 2. The maximum absolute atomic E-state index is 11.6. The normalized spacial score (nSPS) is 10.6. The van der Waals surface area contributed by atoms with Gasteiger partial charge in [0.15, 0.2) is 0 Å². The average molecular weight is 218 g/mol. The quantitative estimate of drug-likeness (QED) is 0.479. The molecular weight excluding hydrogens is 204 g/mol. The molecule has 0 saturated carbocycles. The van der Waals surface area contributed by atoms with Gasteiger partial charge in [-0.3, -0.25) is 0 Å². The Balaban J connectivity index is 2.27. The van der Waals surface area contributed by atoms with Crippen LogP contribution in [0.1, 0.15) is 19.8 Å². The van der Waals surface area contributed by atoms with Crippen molar-refractivity contribution in [3.63, 3.8) is 0 Å². The maximum atomic E-state index is 11.6. The number of benzene rings is 1. The van der Waals surface area contributed by atoms with Crippen molar-refractivity contribution < 1.29 is 4.85 Å². The second kappa shape index (κ2) is 4.74. The Bertz CT molecular complexity index is 486. The number of hydrogen-bond acceptors (Lipinski definition) is 4. The van der Waals surface area contributed by atoms with Crippen LogP contribution >= 0.6 is 0 Å². The van der Waals surface area contributed by atoms with Gasteiger partial charge in [-0.15, -0.1) is 0 Å². The predicted octanol–water partition coefficient (Wildman–Crippen LogP) is 1.48. The van der Waals surface area contributed by atoms with E-state index in [0.29, 0.717) is 21.8 Å². The third-order valence-electron chi connectivity index (χ3n) is 2.31. The summed E-state index contributed by atoms with van der Waals surface area (Å²) in [6.45, 7) is 2.89. The van der Waals surface area contributed by atoms with Gasteiger partial charge in [0.1, 0.15) is 5.52 Å². The zero-order chi connectivity index (χ0) is 11.4. The summed E-state index contributed by atoms with van der Waals surface area (Å²) in [6, 6.07) is 7.16. The molecule has 5 nitrogen and oxygen atoms in total. The molecule has 1 heterocycles. The number of nitrogens with one attached hydrogen (secondary N) is 1. The number of unbranched alkanes of at least 4 members (excludes halogenated alkanes) is 1. The number of rotatable bonds is 4. The molecule has 16 heavy (non-hydrogen) atoms. The van der Waals surface area contributed by atoms with Crippen LogP contribution in [0, 0.1) is 5.21 Å². The van der Waals surface area contributed by atoms with E-state index in [0.717, 1.165) is 19.4 Å². The highest BCUT2D eigenvalue weighted by atomic mass is 16.5. The summed E-state index contributed by atoms with van der Waals surface area (Å²) >= 11 is 0. The standard InChI is InChI=1S/C11H14N4O/c1-2-3-8-12-11-13-9-6-4-5-7-10(9)15(16)14-11/h4-7H,2-3,8H2,1H3,(H,12,13,14). The average Bonchev–Trinajstić information content (AvgIpc) is 2.30. The van der Waals surface area contributed by atoms with Gasteiger partial charge in [-0.25, -0.2) is 4.98 Å². The molecule has 2 aromatic rings. The molecule has 0 aliphatic rings. The molecule has 0 unspecified atom stereocenters. The summed E-state index contributed by atoms with van der Waals surface area (Å²) < 4.78 is 0. The van der Waals surface area contributed by atoms with Crippen molar-refractivity contribution in [2.24, 2.45) is 0 Å². The molecule has 0 bridgehead atoms. The van der Waals surface area contributed by atoms with Crippen LogP contribution in [0.5, 0.6) is 0 Å². The molecule has 0 amide bonds. The first kappa shape index (κ1) is 10.6. The molecule has 0 aliphatic heterocycles. The lowest BCUT2D eigenvalue weighted by Crippen LogP contribution is -2.33. The second-order valence-corrected chi connectivity index (χ2v) is 3.58. The highest BCUT2D eigenvalue weighted by Crippen LogP contribution is 2.07. The van der Waals surface area contributed by atoms with Crippen LogP contribution in [0.25, 0.3) is 11.0 Å². The third kappa shape index (κ3) is 2.18. The first-order valence-electron chi connectivity index (χ1n) is 5.42. The molecule has 0 saturated heterocycles. The third-order valence-corrected chi connectivity index (χ3v) is 2.31. The fraction of sp³-hybridized carbons (Fsp3) is 0.364. The van der Waals surface area contributed by atoms with E-state index in [4.69, 9.17) is 0 Å². The van der Waals surface area contributed by atoms with E-state index in [1.54, 1.807) is 18.2 Å². The smallest absolute Gasteiger partial charge is 0.290 e. The molecular formula is C11H14N4O. The maximum Gasteiger partial charge on any atom is 0.290 e. The fourth-order valence-electron chi connectivity index (χ4n) is 1.45. The lowest BCUT2D eigenvalue weighted by atomic mass is 10.3. The van der Waals surface area contributed by atoms with Crippen molar-refractivity contribution in [1.29, 1.82) is 0 Å². The molecule has 2 rings (SSSR count). The van der Waals surface area contributed by atoms with E-state index in [2.05, 4.69) is 22.3 Å². The Labute approximate surface area is 93.7 Å². The Morgan fingerprint density at radius 1 is 1.38 bits per heavy atom. The van der Waals surface area contributed by atoms with Crippen LogP contribution in [-0.4, -0.2) is 16.6 Å². The van der Waals surface area contributed by atoms with Gasteiger partial charge < -0.3 is 10.5 Å². The van der Waals surface area contributed by atoms with Gasteiger partial charge in [-0.1, -0.05) is 25.5 Å². The molecule has 0 radical (unpaired) electrons. The van der Waals surface area contributed by atoms with Gasteiger partial charge in [0.2, 0.25) is 0 Å². The van der Waals surface area contributed by atoms with Crippen LogP contribution in [0.4, 0.5) is 5.95 Å². The number of anilines is 1. The summed E-state index contributed by atoms with van der Waals surface area (Å²) in [6.07, 6.45) is 2.13. The minimum Gasteiger partial charge on any atom is -0.594 e. The SMILES string of the molecule is CCCCNc1nc2ccccc2[n+]([O-])n1. The van der Waals surface area contributed by atoms with Crippen molar-refractivity contribution in [3.8, 4) is 0 Å². The van der Waals surface area contributed by atoms with Gasteiger partial charge in [0.25, 0.3) is 11.5 Å². The van der Waals surface area contributed by atoms with Gasteiger partial charge >= 0.3 is 0 Å². The largest absolute Gasteiger partial charge is 0.594 e. The molecule has 0 spiro atoms. The molecule has 0 atom stereocenters. The fourth-order valence-corrected chi connectivity index (χ4v) is 1.45. The Morgan fingerprint density at radius 3 is 3.00 bits per heavy atom. The summed E-state index contributed by atoms with van der Waals surface area (Å²) in [5.74, 6) is 0.391. The molecule has 0 fully saturated rings. The molecule has 0 aliphatic carbocycles. The molecule has 84 valence electrons. The molecule has 1 aromatic heterocycles. The number of aromatic nitrogens is 3. The first-order chi connectivity index (χ1) is 7.81. The van der Waals surface area contributed by atoms with Crippen LogP contribution in [0.15, 0.2) is 24.3 Å². The van der Waals surface area contributed by atoms with Gasteiger partial charge in [-0.05, 0) is 17.3 Å². The van der Waals surface area contributed by atoms with Gasteiger partial charge in [-0.2, -0.15) is 0 Å². The summed E-state index contributed by atoms with van der Waals surface area (Å²) in [7, 11) is 0. The minimum atomic E-state index is 0.391. The number of nitrogens with zero attached hydrogens (tertiary/aromatic N) is 3. The topological polar surface area (TPSA) is 64.8 Å². The van der Waals surface area contributed by atoms with Crippen molar-refractivity contribution in [2.75, 3.05) is 11.9 Å². The van der Waals surface area contributed by atoms with Crippen LogP contribution in [-0.2, 0) is 0 Å². The lowest BCUT2D eigenvalue weighted by molar-refractivity contribution is -0.641. The van der Waals surface area contributed by atoms with Crippen LogP contribution in [0.2, 0.25) is 0 Å². The Kier molecular flexibility index (Phi) is 3.14. The summed E-state index contributed by atoms with van der Waals surface area (Å²) in [5.41, 5.74) is 1.15. The second-order valence-electron chi connectivity index (χ2n) is 3.58. The van der Waals surface area contributed by atoms with Crippen LogP contribution in [0.3, 0.4) is 0 Å². The highest BCUT2D eigenvalue weighted by Gasteiger charge is 2.08. The van der Waals surface area contributed by atoms with E-state index in [1.807, 2.05) is 6.07 Å². The zero-order valence-corrected chi connectivity index (χ0v) is 9.18. The zero-order valence-electron chi connectivity index (χ0n) is 9.18. The number of fused-ring (bicyclic) bond motifs is 1. The molecule has 1 N–H and O–H groups in total. The van der Waals surface area contributed by atoms with E-state index in [1.165, 1.54) is 0 Å².